The lowest BCUT2D eigenvalue weighted by molar-refractivity contribution is 0.00648. The lowest BCUT2D eigenvalue weighted by Crippen LogP contribution is -2.40. The molecule has 1 heterocycles. The van der Waals surface area contributed by atoms with E-state index in [0.717, 1.165) is 5.56 Å². The van der Waals surface area contributed by atoms with Gasteiger partial charge in [0.2, 0.25) is 0 Å². The molecule has 1 aromatic heterocycles. The molecule has 1 amide bonds. The van der Waals surface area contributed by atoms with Gasteiger partial charge in [-0.25, -0.2) is 4.79 Å². The van der Waals surface area contributed by atoms with Crippen LogP contribution in [0.2, 0.25) is 0 Å². The molecule has 0 aliphatic rings. The molecule has 200 valence electrons. The largest absolute Gasteiger partial charge is 0.491 e. The number of hydrogen-bond donors (Lipinski definition) is 1. The van der Waals surface area contributed by atoms with Crippen LogP contribution in [0.1, 0.15) is 20.8 Å². The summed E-state index contributed by atoms with van der Waals surface area (Å²) in [5.41, 5.74) is 0.630. The number of ether oxygens (including phenoxy) is 4. The molecule has 0 aliphatic heterocycles. The number of rotatable bonds is 13. The molecule has 0 aliphatic carbocycles. The van der Waals surface area contributed by atoms with Crippen LogP contribution in [0.5, 0.6) is 5.75 Å². The van der Waals surface area contributed by atoms with E-state index >= 15 is 0 Å². The number of benzene rings is 2. The Morgan fingerprint density at radius 3 is 2.27 bits per heavy atom. The van der Waals surface area contributed by atoms with Crippen LogP contribution in [0.15, 0.2) is 63.8 Å². The molecular weight excluding hydrogens is 478 g/mol. The molecule has 2 aromatic carbocycles. The number of aliphatic hydroxyl groups excluding tert-OH is 1. The molecule has 0 fully saturated rings. The number of carbonyl (C=O) groups is 1. The van der Waals surface area contributed by atoms with E-state index < -0.39 is 11.7 Å². The maximum absolute atomic E-state index is 12.4. The van der Waals surface area contributed by atoms with E-state index in [1.165, 1.54) is 11.0 Å². The summed E-state index contributed by atoms with van der Waals surface area (Å²) in [5, 5.41) is 9.38. The van der Waals surface area contributed by atoms with Crippen molar-refractivity contribution in [2.75, 3.05) is 52.7 Å². The van der Waals surface area contributed by atoms with Crippen molar-refractivity contribution in [2.24, 2.45) is 0 Å². The third-order valence-corrected chi connectivity index (χ3v) is 5.17. The van der Waals surface area contributed by atoms with Gasteiger partial charge in [0.1, 0.15) is 29.3 Å². The van der Waals surface area contributed by atoms with Gasteiger partial charge < -0.3 is 33.4 Å². The van der Waals surface area contributed by atoms with Gasteiger partial charge in [0, 0.05) is 24.7 Å². The molecule has 0 bridgehead atoms. The Balaban J connectivity index is 1.43. The van der Waals surface area contributed by atoms with Crippen molar-refractivity contribution in [1.29, 1.82) is 0 Å². The van der Waals surface area contributed by atoms with Crippen molar-refractivity contribution in [1.82, 2.24) is 4.90 Å². The first kappa shape index (κ1) is 28.2. The number of nitrogens with zero attached hydrogens (tertiary/aromatic N) is 1. The molecule has 9 heteroatoms. The van der Waals surface area contributed by atoms with Gasteiger partial charge in [-0.2, -0.15) is 0 Å². The smallest absolute Gasteiger partial charge is 0.410 e. The molecule has 0 atom stereocenters. The Hall–Kier alpha value is -3.40. The third kappa shape index (κ3) is 9.20. The predicted octanol–water partition coefficient (Wildman–Crippen LogP) is 4.10. The van der Waals surface area contributed by atoms with Crippen molar-refractivity contribution < 1.29 is 33.3 Å². The van der Waals surface area contributed by atoms with Gasteiger partial charge in [0.15, 0.2) is 5.43 Å². The van der Waals surface area contributed by atoms with E-state index in [9.17, 15) is 9.59 Å². The lowest BCUT2D eigenvalue weighted by Gasteiger charge is -2.27. The monoisotopic (exact) mass is 513 g/mol. The Morgan fingerprint density at radius 1 is 0.919 bits per heavy atom. The van der Waals surface area contributed by atoms with Crippen molar-refractivity contribution in [3.63, 3.8) is 0 Å². The van der Waals surface area contributed by atoms with Crippen LogP contribution >= 0.6 is 0 Å². The Labute approximate surface area is 216 Å². The van der Waals surface area contributed by atoms with E-state index in [1.807, 2.05) is 45.0 Å². The van der Waals surface area contributed by atoms with Gasteiger partial charge in [-0.1, -0.05) is 12.1 Å². The summed E-state index contributed by atoms with van der Waals surface area (Å²) < 4.78 is 28.0. The summed E-state index contributed by atoms with van der Waals surface area (Å²) in [6, 6.07) is 15.9. The summed E-state index contributed by atoms with van der Waals surface area (Å²) in [7, 11) is 0. The Kier molecular flexibility index (Phi) is 10.5. The first-order valence-electron chi connectivity index (χ1n) is 12.3. The topological polar surface area (TPSA) is 108 Å². The molecule has 3 aromatic rings. The minimum Gasteiger partial charge on any atom is -0.491 e. The van der Waals surface area contributed by atoms with E-state index in [1.54, 1.807) is 24.3 Å². The number of hydrogen-bond acceptors (Lipinski definition) is 8. The fourth-order valence-corrected chi connectivity index (χ4v) is 3.42. The second-order valence-electron chi connectivity index (χ2n) is 9.26. The maximum Gasteiger partial charge on any atom is 0.410 e. The second-order valence-corrected chi connectivity index (χ2v) is 9.26. The molecule has 1 N–H and O–H groups in total. The zero-order valence-electron chi connectivity index (χ0n) is 21.6. The number of carbonyl (C=O) groups excluding carboxylic acids is 1. The molecule has 0 saturated carbocycles. The Bertz CT molecular complexity index is 1180. The molecule has 0 unspecified atom stereocenters. The normalized spacial score (nSPS) is 11.5. The first-order valence-corrected chi connectivity index (χ1v) is 12.3. The number of fused-ring (bicyclic) bond motifs is 1. The maximum atomic E-state index is 12.4. The highest BCUT2D eigenvalue weighted by Crippen LogP contribution is 2.24. The molecule has 0 spiro atoms. The molecule has 37 heavy (non-hydrogen) atoms. The molecular formula is C28H35NO8. The van der Waals surface area contributed by atoms with Gasteiger partial charge in [-0.3, -0.25) is 4.79 Å². The lowest BCUT2D eigenvalue weighted by atomic mass is 10.1. The van der Waals surface area contributed by atoms with Crippen LogP contribution in [0.3, 0.4) is 0 Å². The predicted molar refractivity (Wildman–Crippen MR) is 140 cm³/mol. The van der Waals surface area contributed by atoms with Crippen molar-refractivity contribution >= 4 is 17.1 Å². The summed E-state index contributed by atoms with van der Waals surface area (Å²) in [4.78, 5) is 26.3. The molecule has 9 nitrogen and oxygen atoms in total. The van der Waals surface area contributed by atoms with Crippen LogP contribution in [0.4, 0.5) is 4.79 Å². The summed E-state index contributed by atoms with van der Waals surface area (Å²) in [5.74, 6) is 1.15. The van der Waals surface area contributed by atoms with Crippen LogP contribution in [0.25, 0.3) is 22.3 Å². The molecule has 0 saturated heterocycles. The van der Waals surface area contributed by atoms with E-state index in [0.29, 0.717) is 62.0 Å². The van der Waals surface area contributed by atoms with Crippen LogP contribution in [-0.2, 0) is 14.2 Å². The van der Waals surface area contributed by atoms with Gasteiger partial charge in [0.25, 0.3) is 0 Å². The van der Waals surface area contributed by atoms with Gasteiger partial charge in [-0.15, -0.1) is 0 Å². The average molecular weight is 514 g/mol. The summed E-state index contributed by atoms with van der Waals surface area (Å²) in [6.07, 6.45) is -0.442. The second kappa shape index (κ2) is 13.8. The fourth-order valence-electron chi connectivity index (χ4n) is 3.42. The van der Waals surface area contributed by atoms with Gasteiger partial charge in [-0.05, 0) is 57.2 Å². The summed E-state index contributed by atoms with van der Waals surface area (Å²) >= 11 is 0. The quantitative estimate of drug-likeness (QED) is 0.341. The van der Waals surface area contributed by atoms with Crippen LogP contribution in [0, 0.1) is 0 Å². The van der Waals surface area contributed by atoms with Crippen LogP contribution < -0.4 is 10.2 Å². The first-order chi connectivity index (χ1) is 17.8. The minimum absolute atomic E-state index is 0.0713. The SMILES string of the molecule is CC(C)(C)OC(=O)N(CCOCCO)CCOCCOc1ccc(-c2cc(=O)c3ccccc3o2)cc1. The van der Waals surface area contributed by atoms with Crippen molar-refractivity contribution in [3.8, 4) is 17.1 Å². The Morgan fingerprint density at radius 2 is 1.59 bits per heavy atom. The third-order valence-electron chi connectivity index (χ3n) is 5.17. The van der Waals surface area contributed by atoms with E-state index in [-0.39, 0.29) is 18.6 Å². The summed E-state index contributed by atoms with van der Waals surface area (Å²) in [6.45, 7) is 7.51. The fraction of sp³-hybridized carbons (Fsp3) is 0.429. The van der Waals surface area contributed by atoms with E-state index in [4.69, 9.17) is 28.5 Å². The van der Waals surface area contributed by atoms with Crippen molar-refractivity contribution in [2.45, 2.75) is 26.4 Å². The van der Waals surface area contributed by atoms with Gasteiger partial charge >= 0.3 is 6.09 Å². The highest BCUT2D eigenvalue weighted by atomic mass is 16.6. The highest BCUT2D eigenvalue weighted by molar-refractivity contribution is 5.78. The number of aliphatic hydroxyl groups is 1. The van der Waals surface area contributed by atoms with Crippen LogP contribution in [-0.4, -0.2) is 74.4 Å². The zero-order chi connectivity index (χ0) is 26.7. The van der Waals surface area contributed by atoms with E-state index in [2.05, 4.69) is 0 Å². The average Bonchev–Trinajstić information content (AvgIpc) is 2.86. The standard InChI is InChI=1S/C28H35NO8/c1-28(2,3)37-27(32)29(12-15-33-17-14-30)13-16-34-18-19-35-22-10-8-21(9-11-22)26-20-24(31)23-6-4-5-7-25(23)36-26/h4-11,20,30H,12-19H2,1-3H3. The van der Waals surface area contributed by atoms with Crippen molar-refractivity contribution in [3.05, 3.63) is 64.8 Å². The molecule has 3 rings (SSSR count). The molecule has 0 radical (unpaired) electrons. The minimum atomic E-state index is -0.606. The zero-order valence-corrected chi connectivity index (χ0v) is 21.6. The van der Waals surface area contributed by atoms with Gasteiger partial charge in [0.05, 0.1) is 38.4 Å². The number of para-hydroxylation sites is 1. The highest BCUT2D eigenvalue weighted by Gasteiger charge is 2.21. The number of amides is 1.